The molecule has 0 aliphatic heterocycles. The van der Waals surface area contributed by atoms with Gasteiger partial charge in [0.05, 0.1) is 12.8 Å². The van der Waals surface area contributed by atoms with E-state index in [1.165, 1.54) is 0 Å². The maximum Gasteiger partial charge on any atom is 0.228 e. The minimum Gasteiger partial charge on any atom is -0.495 e. The summed E-state index contributed by atoms with van der Waals surface area (Å²) in [6.45, 7) is 2.78. The van der Waals surface area contributed by atoms with Crippen LogP contribution in [0.15, 0.2) is 18.2 Å². The quantitative estimate of drug-likeness (QED) is 0.877. The molecule has 0 radical (unpaired) electrons. The highest BCUT2D eigenvalue weighted by molar-refractivity contribution is 6.31. The second-order valence-corrected chi connectivity index (χ2v) is 3.93. The van der Waals surface area contributed by atoms with Crippen molar-refractivity contribution in [3.63, 3.8) is 0 Å². The summed E-state index contributed by atoms with van der Waals surface area (Å²) in [5.74, 6) is 0.595. The molecule has 0 aromatic heterocycles. The Bertz CT molecular complexity index is 396. The van der Waals surface area contributed by atoms with Crippen molar-refractivity contribution in [3.05, 3.63) is 23.2 Å². The number of anilines is 1. The van der Waals surface area contributed by atoms with Gasteiger partial charge in [-0.05, 0) is 25.1 Å². The van der Waals surface area contributed by atoms with Crippen LogP contribution in [0.4, 0.5) is 5.69 Å². The van der Waals surface area contributed by atoms with Crippen LogP contribution < -0.4 is 15.4 Å². The Kier molecular flexibility index (Phi) is 5.25. The number of rotatable bonds is 5. The van der Waals surface area contributed by atoms with Crippen LogP contribution in [0.3, 0.4) is 0 Å². The molecule has 17 heavy (non-hydrogen) atoms. The molecule has 5 heteroatoms. The van der Waals surface area contributed by atoms with E-state index in [9.17, 15) is 4.79 Å². The zero-order valence-electron chi connectivity index (χ0n) is 10.1. The van der Waals surface area contributed by atoms with Crippen LogP contribution in [-0.2, 0) is 4.79 Å². The van der Waals surface area contributed by atoms with E-state index in [2.05, 4.69) is 0 Å². The number of amides is 1. The average Bonchev–Trinajstić information content (AvgIpc) is 2.31. The molecule has 1 aromatic carbocycles. The molecule has 0 aliphatic carbocycles. The predicted octanol–water partition coefficient (Wildman–Crippen LogP) is 2.05. The second kappa shape index (κ2) is 6.47. The molecule has 0 fully saturated rings. The number of methoxy groups -OCH3 is 1. The first-order valence-corrected chi connectivity index (χ1v) is 5.85. The van der Waals surface area contributed by atoms with Gasteiger partial charge in [0.1, 0.15) is 5.75 Å². The maximum atomic E-state index is 11.9. The lowest BCUT2D eigenvalue weighted by Gasteiger charge is -2.23. The summed E-state index contributed by atoms with van der Waals surface area (Å²) >= 11 is 5.94. The molecular weight excluding hydrogens is 240 g/mol. The fourth-order valence-corrected chi connectivity index (χ4v) is 1.78. The first kappa shape index (κ1) is 13.8. The van der Waals surface area contributed by atoms with Gasteiger partial charge in [-0.1, -0.05) is 11.6 Å². The minimum absolute atomic E-state index is 0.0319. The minimum atomic E-state index is -0.0319. The van der Waals surface area contributed by atoms with Crippen LogP contribution in [0.1, 0.15) is 13.3 Å². The Morgan fingerprint density at radius 2 is 2.24 bits per heavy atom. The zero-order chi connectivity index (χ0) is 12.8. The summed E-state index contributed by atoms with van der Waals surface area (Å²) in [6.07, 6.45) is 0.309. The smallest absolute Gasteiger partial charge is 0.228 e. The highest BCUT2D eigenvalue weighted by atomic mass is 35.5. The molecule has 0 saturated carbocycles. The topological polar surface area (TPSA) is 55.6 Å². The number of nitrogens with two attached hydrogens (primary N) is 1. The lowest BCUT2D eigenvalue weighted by molar-refractivity contribution is -0.118. The highest BCUT2D eigenvalue weighted by Crippen LogP contribution is 2.31. The Hall–Kier alpha value is -1.26. The Balaban J connectivity index is 3.09. The van der Waals surface area contributed by atoms with Gasteiger partial charge >= 0.3 is 0 Å². The van der Waals surface area contributed by atoms with E-state index in [-0.39, 0.29) is 5.91 Å². The van der Waals surface area contributed by atoms with Crippen molar-refractivity contribution in [2.45, 2.75) is 13.3 Å². The van der Waals surface area contributed by atoms with Gasteiger partial charge < -0.3 is 15.4 Å². The number of carbonyl (C=O) groups excluding carboxylic acids is 1. The first-order valence-electron chi connectivity index (χ1n) is 5.48. The van der Waals surface area contributed by atoms with Gasteiger partial charge in [0, 0.05) is 24.5 Å². The van der Waals surface area contributed by atoms with E-state index < -0.39 is 0 Å². The number of carbonyl (C=O) groups is 1. The van der Waals surface area contributed by atoms with Crippen molar-refractivity contribution in [3.8, 4) is 5.75 Å². The van der Waals surface area contributed by atoms with Crippen LogP contribution in [-0.4, -0.2) is 26.1 Å². The maximum absolute atomic E-state index is 11.9. The third kappa shape index (κ3) is 3.35. The number of hydrogen-bond donors (Lipinski definition) is 1. The molecule has 0 heterocycles. The fraction of sp³-hybridized carbons (Fsp3) is 0.417. The average molecular weight is 257 g/mol. The Labute approximate surface area is 106 Å². The molecule has 0 atom stereocenters. The van der Waals surface area contributed by atoms with Crippen molar-refractivity contribution < 1.29 is 9.53 Å². The van der Waals surface area contributed by atoms with Crippen LogP contribution in [0.2, 0.25) is 5.02 Å². The van der Waals surface area contributed by atoms with Crippen molar-refractivity contribution in [1.82, 2.24) is 0 Å². The Morgan fingerprint density at radius 1 is 1.53 bits per heavy atom. The van der Waals surface area contributed by atoms with Gasteiger partial charge in [0.25, 0.3) is 0 Å². The summed E-state index contributed by atoms with van der Waals surface area (Å²) in [5, 5.41) is 0.569. The van der Waals surface area contributed by atoms with Crippen molar-refractivity contribution in [1.29, 1.82) is 0 Å². The normalized spacial score (nSPS) is 10.1. The van der Waals surface area contributed by atoms with Gasteiger partial charge in [-0.2, -0.15) is 0 Å². The lowest BCUT2D eigenvalue weighted by Crippen LogP contribution is -2.32. The predicted molar refractivity (Wildman–Crippen MR) is 69.7 cm³/mol. The number of benzene rings is 1. The van der Waals surface area contributed by atoms with E-state index >= 15 is 0 Å². The molecule has 1 amide bonds. The molecule has 0 saturated heterocycles. The molecule has 0 spiro atoms. The van der Waals surface area contributed by atoms with Gasteiger partial charge in [-0.3, -0.25) is 4.79 Å². The Morgan fingerprint density at radius 3 is 2.76 bits per heavy atom. The first-order chi connectivity index (χ1) is 8.13. The van der Waals surface area contributed by atoms with Crippen molar-refractivity contribution >= 4 is 23.2 Å². The van der Waals surface area contributed by atoms with Crippen LogP contribution >= 0.6 is 11.6 Å². The van der Waals surface area contributed by atoms with Gasteiger partial charge in [0.15, 0.2) is 0 Å². The largest absolute Gasteiger partial charge is 0.495 e. The highest BCUT2D eigenvalue weighted by Gasteiger charge is 2.17. The molecule has 0 aliphatic rings. The number of hydrogen-bond acceptors (Lipinski definition) is 3. The SMILES string of the molecule is CCN(C(=O)CCN)c1cc(Cl)ccc1OC. The summed E-state index contributed by atoms with van der Waals surface area (Å²) in [5.41, 5.74) is 6.08. The van der Waals surface area contributed by atoms with Gasteiger partial charge in [0.2, 0.25) is 5.91 Å². The summed E-state index contributed by atoms with van der Waals surface area (Å²) < 4.78 is 5.23. The van der Waals surface area contributed by atoms with Crippen LogP contribution in [0.25, 0.3) is 0 Å². The van der Waals surface area contributed by atoms with Crippen molar-refractivity contribution in [2.24, 2.45) is 5.73 Å². The summed E-state index contributed by atoms with van der Waals surface area (Å²) in [6, 6.07) is 5.19. The number of nitrogens with zero attached hydrogens (tertiary/aromatic N) is 1. The second-order valence-electron chi connectivity index (χ2n) is 3.49. The van der Waals surface area contributed by atoms with E-state index in [0.29, 0.717) is 36.0 Å². The standard InChI is InChI=1S/C12H17ClN2O2/c1-3-15(12(16)6-7-14)10-8-9(13)4-5-11(10)17-2/h4-5,8H,3,6-7,14H2,1-2H3. The fourth-order valence-electron chi connectivity index (χ4n) is 1.61. The molecule has 2 N–H and O–H groups in total. The molecule has 0 unspecified atom stereocenters. The molecular formula is C12H17ClN2O2. The zero-order valence-corrected chi connectivity index (χ0v) is 10.8. The van der Waals surface area contributed by atoms with E-state index in [4.69, 9.17) is 22.1 Å². The molecule has 1 aromatic rings. The third-order valence-corrected chi connectivity index (χ3v) is 2.64. The van der Waals surface area contributed by atoms with Gasteiger partial charge in [-0.15, -0.1) is 0 Å². The molecule has 94 valence electrons. The monoisotopic (exact) mass is 256 g/mol. The van der Waals surface area contributed by atoms with E-state index in [0.717, 1.165) is 0 Å². The molecule has 0 bridgehead atoms. The molecule has 1 rings (SSSR count). The molecule has 4 nitrogen and oxygen atoms in total. The van der Waals surface area contributed by atoms with Crippen molar-refractivity contribution in [2.75, 3.05) is 25.1 Å². The third-order valence-electron chi connectivity index (χ3n) is 2.41. The number of halogens is 1. The summed E-state index contributed by atoms with van der Waals surface area (Å²) in [4.78, 5) is 13.5. The summed E-state index contributed by atoms with van der Waals surface area (Å²) in [7, 11) is 1.56. The van der Waals surface area contributed by atoms with Crippen LogP contribution in [0, 0.1) is 0 Å². The van der Waals surface area contributed by atoms with E-state index in [1.807, 2.05) is 6.92 Å². The number of ether oxygens (including phenoxy) is 1. The lowest BCUT2D eigenvalue weighted by atomic mass is 10.2. The van der Waals surface area contributed by atoms with Gasteiger partial charge in [-0.25, -0.2) is 0 Å². The van der Waals surface area contributed by atoms with E-state index in [1.54, 1.807) is 30.2 Å². The van der Waals surface area contributed by atoms with Crippen LogP contribution in [0.5, 0.6) is 5.75 Å².